The maximum atomic E-state index is 10.6. The smallest absolute Gasteiger partial charge is 0.257 e. The van der Waals surface area contributed by atoms with Crippen LogP contribution in [0.5, 0.6) is 0 Å². The number of para-hydroxylation sites is 7. The van der Waals surface area contributed by atoms with Crippen molar-refractivity contribution in [3.63, 3.8) is 0 Å². The van der Waals surface area contributed by atoms with Gasteiger partial charge in [0.1, 0.15) is 11.2 Å². The molecule has 494 valence electrons. The SMILES string of the molecule is N#Cc1ccc2c(c1)c1ccccc1n2-c1ccc2c(c1)N(c1c(-c3ccccc3)cccc1-c1ccccc1)c1cc(-n3c4ccccc4c4ccccc43)cc3c1B2c1c(cc(-n2c4ccccc4c4cc(C#N)ccc42)c2c1oc1ccccc12)N3c1c(-c2ccccc2)cccc1-c1ccccc1. The molecule has 0 fully saturated rings. The van der Waals surface area contributed by atoms with E-state index in [-0.39, 0.29) is 0 Å². The second-order valence-electron chi connectivity index (χ2n) is 28.0. The first-order chi connectivity index (χ1) is 53.0. The van der Waals surface area contributed by atoms with E-state index in [0.29, 0.717) is 11.1 Å². The number of hydrogen-bond donors (Lipinski definition) is 0. The molecule has 6 heterocycles. The Balaban J connectivity index is 0.979. The van der Waals surface area contributed by atoms with Crippen molar-refractivity contribution in [3.8, 4) is 73.7 Å². The van der Waals surface area contributed by atoms with Gasteiger partial charge in [-0.3, -0.25) is 0 Å². The highest BCUT2D eigenvalue weighted by atomic mass is 16.3. The Morgan fingerprint density at radius 2 is 0.645 bits per heavy atom. The van der Waals surface area contributed by atoms with Gasteiger partial charge in [0.25, 0.3) is 6.71 Å². The lowest BCUT2D eigenvalue weighted by atomic mass is 9.33. The third-order valence-corrected chi connectivity index (χ3v) is 22.4. The first-order valence-corrected chi connectivity index (χ1v) is 36.3. The standard InChI is InChI=1S/C98H58BN7O/c100-59-61-47-51-85-78(53-61)75-35-15-20-44-83(75)102(85)67-49-50-80-87(55-67)105(96-69(63-25-5-1-6-26-63)38-23-39-70(96)64-27-7-2-8-28-64)89-56-68(103-81-42-18-13-33-73(81)74-34-14-19-43-82(74)103)57-90-94(89)99(80)95-91(106(90)97-71(65-29-9-3-10-30-65)40-24-41-72(97)66-31-11-4-12-32-66)58-88(93-77-37-17-22-46-92(77)107-98(93)95)104-84-45-21-16-36-76(84)79-54-62(60-101)48-52-86(79)104/h1-58H. The maximum Gasteiger partial charge on any atom is 0.257 e. The summed E-state index contributed by atoms with van der Waals surface area (Å²) < 4.78 is 15.2. The summed E-state index contributed by atoms with van der Waals surface area (Å²) in [7, 11) is 0. The molecule has 0 atom stereocenters. The maximum absolute atomic E-state index is 10.6. The minimum absolute atomic E-state index is 0.503. The van der Waals surface area contributed by atoms with E-state index in [4.69, 9.17) is 4.42 Å². The van der Waals surface area contributed by atoms with Crippen LogP contribution in [0, 0.1) is 22.7 Å². The van der Waals surface area contributed by atoms with Gasteiger partial charge in [-0.15, -0.1) is 0 Å². The van der Waals surface area contributed by atoms with Gasteiger partial charge in [0, 0.05) is 88.4 Å². The molecule has 0 radical (unpaired) electrons. The van der Waals surface area contributed by atoms with Crippen molar-refractivity contribution >= 4 is 145 Å². The summed E-state index contributed by atoms with van der Waals surface area (Å²) in [5.74, 6) is 0. The molecule has 2 aliphatic heterocycles. The number of furan rings is 1. The van der Waals surface area contributed by atoms with Crippen LogP contribution >= 0.6 is 0 Å². The van der Waals surface area contributed by atoms with Gasteiger partial charge >= 0.3 is 0 Å². The van der Waals surface area contributed by atoms with Gasteiger partial charge in [-0.05, 0) is 136 Å². The van der Waals surface area contributed by atoms with Crippen molar-refractivity contribution in [2.45, 2.75) is 0 Å². The molecule has 0 unspecified atom stereocenters. The molecule has 0 aliphatic carbocycles. The molecule has 2 aliphatic rings. The third-order valence-electron chi connectivity index (χ3n) is 22.4. The Labute approximate surface area is 615 Å². The van der Waals surface area contributed by atoms with Crippen molar-refractivity contribution < 1.29 is 4.42 Å². The molecule has 107 heavy (non-hydrogen) atoms. The molecule has 0 amide bonds. The van der Waals surface area contributed by atoms with Crippen LogP contribution in [-0.4, -0.2) is 20.4 Å². The second kappa shape index (κ2) is 23.5. The van der Waals surface area contributed by atoms with Gasteiger partial charge in [-0.25, -0.2) is 0 Å². The van der Waals surface area contributed by atoms with Crippen LogP contribution < -0.4 is 26.2 Å². The quantitative estimate of drug-likeness (QED) is 0.135. The number of nitrogens with zero attached hydrogens (tertiary/aromatic N) is 7. The number of benzene rings is 16. The molecule has 22 rings (SSSR count). The molecule has 0 N–H and O–H groups in total. The molecule has 0 bridgehead atoms. The number of fused-ring (bicyclic) bond motifs is 17. The zero-order chi connectivity index (χ0) is 70.5. The van der Waals surface area contributed by atoms with Gasteiger partial charge in [0.05, 0.1) is 84.5 Å². The summed E-state index contributed by atoms with van der Waals surface area (Å²) in [6.07, 6.45) is 0. The fourth-order valence-electron chi connectivity index (χ4n) is 18.0. The van der Waals surface area contributed by atoms with E-state index in [2.05, 4.69) is 363 Å². The summed E-state index contributed by atoms with van der Waals surface area (Å²) in [4.78, 5) is 5.25. The zero-order valence-corrected chi connectivity index (χ0v) is 57.6. The predicted octanol–water partition coefficient (Wildman–Crippen LogP) is 23.4. The molecule has 0 saturated carbocycles. The molecule has 9 heteroatoms. The number of hydrogen-bond acceptors (Lipinski definition) is 5. The lowest BCUT2D eigenvalue weighted by Gasteiger charge is -2.46. The van der Waals surface area contributed by atoms with Crippen molar-refractivity contribution in [3.05, 3.63) is 363 Å². The van der Waals surface area contributed by atoms with Crippen LogP contribution in [0.3, 0.4) is 0 Å². The van der Waals surface area contributed by atoms with E-state index < -0.39 is 6.71 Å². The summed E-state index contributed by atoms with van der Waals surface area (Å²) in [6.45, 7) is -0.503. The third kappa shape index (κ3) is 8.84. The molecule has 16 aromatic carbocycles. The van der Waals surface area contributed by atoms with Gasteiger partial charge in [0.15, 0.2) is 0 Å². The molecular weight excluding hydrogens is 1300 g/mol. The Bertz CT molecular complexity index is 7050. The molecular formula is C98H58BN7O. The Kier molecular flexibility index (Phi) is 13.1. The number of anilines is 6. The summed E-state index contributed by atoms with van der Waals surface area (Å²) in [5, 5.41) is 29.4. The van der Waals surface area contributed by atoms with Gasteiger partial charge in [-0.2, -0.15) is 10.5 Å². The predicted molar refractivity (Wildman–Crippen MR) is 442 cm³/mol. The average molecular weight is 1360 g/mol. The molecule has 4 aromatic heterocycles. The summed E-state index contributed by atoms with van der Waals surface area (Å²) in [5.41, 5.74) is 29.4. The Morgan fingerprint density at radius 3 is 1.12 bits per heavy atom. The van der Waals surface area contributed by atoms with Crippen molar-refractivity contribution in [2.24, 2.45) is 0 Å². The van der Waals surface area contributed by atoms with E-state index in [9.17, 15) is 10.5 Å². The van der Waals surface area contributed by atoms with Crippen LogP contribution in [0.15, 0.2) is 356 Å². The van der Waals surface area contributed by atoms with Crippen LogP contribution in [0.1, 0.15) is 11.1 Å². The minimum atomic E-state index is -0.503. The topological polar surface area (TPSA) is 82.0 Å². The molecule has 8 nitrogen and oxygen atoms in total. The highest BCUT2D eigenvalue weighted by Crippen LogP contribution is 2.56. The fraction of sp³-hybridized carbons (Fsp3) is 0. The van der Waals surface area contributed by atoms with E-state index in [0.717, 1.165) is 199 Å². The summed E-state index contributed by atoms with van der Waals surface area (Å²) in [6, 6.07) is 132. The number of nitriles is 2. The first kappa shape index (κ1) is 60.0. The monoisotopic (exact) mass is 1360 g/mol. The van der Waals surface area contributed by atoms with Gasteiger partial charge < -0.3 is 27.9 Å². The number of aromatic nitrogens is 3. The molecule has 0 spiro atoms. The molecule has 20 aromatic rings. The summed E-state index contributed by atoms with van der Waals surface area (Å²) >= 11 is 0. The van der Waals surface area contributed by atoms with Crippen LogP contribution in [0.2, 0.25) is 0 Å². The highest BCUT2D eigenvalue weighted by molar-refractivity contribution is 7.01. The van der Waals surface area contributed by atoms with Crippen molar-refractivity contribution in [1.29, 1.82) is 10.5 Å². The van der Waals surface area contributed by atoms with Crippen molar-refractivity contribution in [2.75, 3.05) is 9.80 Å². The van der Waals surface area contributed by atoms with E-state index in [1.165, 1.54) is 0 Å². The van der Waals surface area contributed by atoms with Crippen molar-refractivity contribution in [1.82, 2.24) is 13.7 Å². The lowest BCUT2D eigenvalue weighted by Crippen LogP contribution is -2.61. The Morgan fingerprint density at radius 1 is 0.271 bits per heavy atom. The normalized spacial score (nSPS) is 12.4. The van der Waals surface area contributed by atoms with Crippen LogP contribution in [0.25, 0.3) is 149 Å². The largest absolute Gasteiger partial charge is 0.456 e. The highest BCUT2D eigenvalue weighted by Gasteiger charge is 2.48. The fourth-order valence-corrected chi connectivity index (χ4v) is 18.0. The molecule has 0 saturated heterocycles. The van der Waals surface area contributed by atoms with Crippen LogP contribution in [-0.2, 0) is 0 Å². The van der Waals surface area contributed by atoms with Crippen LogP contribution in [0.4, 0.5) is 34.1 Å². The van der Waals surface area contributed by atoms with Gasteiger partial charge in [0.2, 0.25) is 0 Å². The Hall–Kier alpha value is -14.6. The first-order valence-electron chi connectivity index (χ1n) is 36.3. The average Bonchev–Trinajstić information content (AvgIpc) is 1.66. The van der Waals surface area contributed by atoms with Gasteiger partial charge in [-0.1, -0.05) is 255 Å². The van der Waals surface area contributed by atoms with E-state index >= 15 is 0 Å². The number of rotatable bonds is 9. The van der Waals surface area contributed by atoms with E-state index in [1.807, 2.05) is 24.3 Å². The lowest BCUT2D eigenvalue weighted by molar-refractivity contribution is 0.671. The second-order valence-corrected chi connectivity index (χ2v) is 28.0. The van der Waals surface area contributed by atoms with E-state index in [1.54, 1.807) is 0 Å². The minimum Gasteiger partial charge on any atom is -0.456 e. The zero-order valence-electron chi connectivity index (χ0n) is 57.6.